The number of amides is 1. The Morgan fingerprint density at radius 1 is 1.28 bits per heavy atom. The van der Waals surface area contributed by atoms with Gasteiger partial charge in [0.05, 0.1) is 16.8 Å². The van der Waals surface area contributed by atoms with Crippen LogP contribution in [0.5, 0.6) is 0 Å². The van der Waals surface area contributed by atoms with E-state index in [4.69, 9.17) is 5.73 Å². The van der Waals surface area contributed by atoms with Crippen molar-refractivity contribution in [2.45, 2.75) is 32.5 Å². The number of rotatable bonds is 5. The summed E-state index contributed by atoms with van der Waals surface area (Å²) in [5.41, 5.74) is 4.94. The highest BCUT2D eigenvalue weighted by Crippen LogP contribution is 2.32. The molecule has 3 N–H and O–H groups in total. The first kappa shape index (κ1) is 23.7. The molecule has 0 aliphatic carbocycles. The van der Waals surface area contributed by atoms with E-state index in [1.54, 1.807) is 0 Å². The van der Waals surface area contributed by atoms with Crippen LogP contribution in [0, 0.1) is 0 Å². The summed E-state index contributed by atoms with van der Waals surface area (Å²) in [6.07, 6.45) is -1.40. The molecule has 0 aliphatic rings. The molecule has 0 atom stereocenters. The van der Waals surface area contributed by atoms with Crippen molar-refractivity contribution in [1.29, 1.82) is 0 Å². The number of nitrogens with two attached hydrogens (primary N) is 1. The Morgan fingerprint density at radius 2 is 1.96 bits per heavy atom. The van der Waals surface area contributed by atoms with Crippen molar-refractivity contribution in [3.63, 3.8) is 0 Å². The lowest BCUT2D eigenvalue weighted by Gasteiger charge is -2.12. The van der Waals surface area contributed by atoms with Gasteiger partial charge in [-0.3, -0.25) is 4.79 Å². The number of carbonyl (C=O) groups is 1. The molecule has 0 fully saturated rings. The minimum Gasteiger partial charge on any atom is -0.326 e. The third-order valence-electron chi connectivity index (χ3n) is 3.05. The Bertz CT molecular complexity index is 708. The fourth-order valence-electron chi connectivity index (χ4n) is 1.98. The summed E-state index contributed by atoms with van der Waals surface area (Å²) < 4.78 is 38.6. The van der Waals surface area contributed by atoms with Crippen molar-refractivity contribution in [2.24, 2.45) is 5.73 Å². The van der Waals surface area contributed by atoms with Gasteiger partial charge < -0.3 is 11.1 Å². The molecule has 0 aliphatic heterocycles. The lowest BCUT2D eigenvalue weighted by Crippen LogP contribution is -2.13. The number of alkyl halides is 3. The van der Waals surface area contributed by atoms with E-state index >= 15 is 0 Å². The summed E-state index contributed by atoms with van der Waals surface area (Å²) >= 11 is 1.23. The summed E-state index contributed by atoms with van der Waals surface area (Å²) in [6, 6.07) is 3.30. The van der Waals surface area contributed by atoms with Crippen molar-refractivity contribution in [2.75, 3.05) is 5.32 Å². The van der Waals surface area contributed by atoms with E-state index in [0.717, 1.165) is 30.0 Å². The van der Waals surface area contributed by atoms with E-state index in [9.17, 15) is 18.0 Å². The maximum Gasteiger partial charge on any atom is 0.416 e. The molecule has 10 heteroatoms. The van der Waals surface area contributed by atoms with E-state index in [0.29, 0.717) is 10.4 Å². The predicted molar refractivity (Wildman–Crippen MR) is 97.9 cm³/mol. The lowest BCUT2D eigenvalue weighted by molar-refractivity contribution is -0.137. The predicted octanol–water partition coefficient (Wildman–Crippen LogP) is 4.67. The molecule has 25 heavy (non-hydrogen) atoms. The molecular weight excluding hydrogens is 398 g/mol. The Balaban J connectivity index is 0.00000288. The van der Waals surface area contributed by atoms with Crippen LogP contribution < -0.4 is 11.1 Å². The third-order valence-corrected chi connectivity index (χ3v) is 4.11. The molecule has 2 aromatic rings. The summed E-state index contributed by atoms with van der Waals surface area (Å²) in [4.78, 5) is 16.6. The van der Waals surface area contributed by atoms with Gasteiger partial charge in [-0.05, 0) is 36.6 Å². The van der Waals surface area contributed by atoms with Gasteiger partial charge in [-0.15, -0.1) is 36.2 Å². The van der Waals surface area contributed by atoms with Crippen LogP contribution in [0.25, 0.3) is 0 Å². The molecular formula is C15H18Cl2F3N3OS. The number of benzene rings is 1. The zero-order chi connectivity index (χ0) is 17.0. The molecule has 1 aromatic heterocycles. The standard InChI is InChI=1S/C15H16F3N3OS.2ClH/c1-2-3-13-20-8-12(23-13)14(22)21-11-5-9(7-19)4-10(6-11)15(16,17)18;;/h4-6,8H,2-3,7,19H2,1H3,(H,21,22);2*1H. The summed E-state index contributed by atoms with van der Waals surface area (Å²) in [6.45, 7) is 1.95. The first-order valence-electron chi connectivity index (χ1n) is 7.00. The molecule has 0 saturated carbocycles. The van der Waals surface area contributed by atoms with E-state index < -0.39 is 17.6 Å². The second-order valence-corrected chi connectivity index (χ2v) is 6.06. The van der Waals surface area contributed by atoms with Gasteiger partial charge in [0.25, 0.3) is 5.91 Å². The van der Waals surface area contributed by atoms with Crippen LogP contribution in [0.2, 0.25) is 0 Å². The SMILES string of the molecule is CCCc1ncc(C(=O)Nc2cc(CN)cc(C(F)(F)F)c2)s1.Cl.Cl. The molecule has 4 nitrogen and oxygen atoms in total. The molecule has 0 unspecified atom stereocenters. The number of carbonyl (C=O) groups excluding carboxylic acids is 1. The van der Waals surface area contributed by atoms with E-state index in [-0.39, 0.29) is 37.0 Å². The second-order valence-electron chi connectivity index (χ2n) is 4.94. The van der Waals surface area contributed by atoms with E-state index in [2.05, 4.69) is 10.3 Å². The number of halogens is 5. The smallest absolute Gasteiger partial charge is 0.326 e. The van der Waals surface area contributed by atoms with Crippen LogP contribution in [-0.4, -0.2) is 10.9 Å². The maximum absolute atomic E-state index is 12.9. The molecule has 0 spiro atoms. The quantitative estimate of drug-likeness (QED) is 0.745. The molecule has 0 radical (unpaired) electrons. The van der Waals surface area contributed by atoms with Crippen LogP contribution in [0.3, 0.4) is 0 Å². The van der Waals surface area contributed by atoms with Crippen LogP contribution in [0.4, 0.5) is 18.9 Å². The summed E-state index contributed by atoms with van der Waals surface area (Å²) in [7, 11) is 0. The highest BCUT2D eigenvalue weighted by atomic mass is 35.5. The minimum atomic E-state index is -4.50. The van der Waals surface area contributed by atoms with E-state index in [1.807, 2.05) is 6.92 Å². The largest absolute Gasteiger partial charge is 0.416 e. The Morgan fingerprint density at radius 3 is 2.52 bits per heavy atom. The average molecular weight is 416 g/mol. The third kappa shape index (κ3) is 6.47. The fourth-order valence-corrected chi connectivity index (χ4v) is 2.90. The van der Waals surface area contributed by atoms with Gasteiger partial charge in [-0.2, -0.15) is 13.2 Å². The van der Waals surface area contributed by atoms with Gasteiger partial charge in [0, 0.05) is 12.2 Å². The number of nitrogens with one attached hydrogen (secondary N) is 1. The first-order valence-corrected chi connectivity index (χ1v) is 7.82. The zero-order valence-electron chi connectivity index (χ0n) is 13.2. The van der Waals surface area contributed by atoms with Gasteiger partial charge in [0.2, 0.25) is 0 Å². The average Bonchev–Trinajstić information content (AvgIpc) is 2.95. The number of aryl methyl sites for hydroxylation is 1. The molecule has 1 heterocycles. The minimum absolute atomic E-state index is 0. The summed E-state index contributed by atoms with van der Waals surface area (Å²) in [5, 5.41) is 3.30. The van der Waals surface area contributed by atoms with Crippen molar-refractivity contribution in [3.8, 4) is 0 Å². The van der Waals surface area contributed by atoms with Gasteiger partial charge in [-0.25, -0.2) is 4.98 Å². The van der Waals surface area contributed by atoms with E-state index in [1.165, 1.54) is 23.6 Å². The highest BCUT2D eigenvalue weighted by molar-refractivity contribution is 7.13. The molecule has 1 amide bonds. The van der Waals surface area contributed by atoms with Gasteiger partial charge >= 0.3 is 6.18 Å². The lowest BCUT2D eigenvalue weighted by atomic mass is 10.1. The Hall–Kier alpha value is -1.35. The Kier molecular flexibility index (Phi) is 9.42. The topological polar surface area (TPSA) is 68.0 Å². The number of hydrogen-bond acceptors (Lipinski definition) is 4. The number of thiazole rings is 1. The molecule has 1 aromatic carbocycles. The molecule has 0 bridgehead atoms. The summed E-state index contributed by atoms with van der Waals surface area (Å²) in [5.74, 6) is -0.479. The molecule has 2 rings (SSSR count). The number of hydrogen-bond donors (Lipinski definition) is 2. The second kappa shape index (κ2) is 9.96. The van der Waals surface area contributed by atoms with Gasteiger partial charge in [0.1, 0.15) is 4.88 Å². The first-order chi connectivity index (χ1) is 10.8. The number of nitrogens with zero attached hydrogens (tertiary/aromatic N) is 1. The van der Waals surface area contributed by atoms with Crippen LogP contribution in [0.15, 0.2) is 24.4 Å². The maximum atomic E-state index is 12.9. The van der Waals surface area contributed by atoms with Crippen LogP contribution in [0.1, 0.15) is 39.2 Å². The van der Waals surface area contributed by atoms with Crippen molar-refractivity contribution in [1.82, 2.24) is 4.98 Å². The van der Waals surface area contributed by atoms with Gasteiger partial charge in [0.15, 0.2) is 0 Å². The van der Waals surface area contributed by atoms with Crippen molar-refractivity contribution in [3.05, 3.63) is 45.4 Å². The molecule has 0 saturated heterocycles. The Labute approximate surface area is 159 Å². The zero-order valence-corrected chi connectivity index (χ0v) is 15.7. The van der Waals surface area contributed by atoms with Crippen molar-refractivity contribution < 1.29 is 18.0 Å². The highest BCUT2D eigenvalue weighted by Gasteiger charge is 2.31. The van der Waals surface area contributed by atoms with Crippen LogP contribution in [-0.2, 0) is 19.1 Å². The number of aromatic nitrogens is 1. The van der Waals surface area contributed by atoms with Crippen LogP contribution >= 0.6 is 36.2 Å². The van der Waals surface area contributed by atoms with Gasteiger partial charge in [-0.1, -0.05) is 6.92 Å². The normalized spacial score (nSPS) is 10.6. The fraction of sp³-hybridized carbons (Fsp3) is 0.333. The van der Waals surface area contributed by atoms with Crippen molar-refractivity contribution >= 4 is 47.7 Å². The monoisotopic (exact) mass is 415 g/mol. The molecule has 140 valence electrons. The number of anilines is 1.